The average Bonchev–Trinajstić information content (AvgIpc) is 3.99. The van der Waals surface area contributed by atoms with E-state index in [0.29, 0.717) is 42.9 Å². The highest BCUT2D eigenvalue weighted by Crippen LogP contribution is 2.57. The topological polar surface area (TPSA) is 179 Å². The van der Waals surface area contributed by atoms with Gasteiger partial charge in [0.2, 0.25) is 27.7 Å². The van der Waals surface area contributed by atoms with Gasteiger partial charge < -0.3 is 19.7 Å². The predicted octanol–water partition coefficient (Wildman–Crippen LogP) is 5.79. The van der Waals surface area contributed by atoms with Gasteiger partial charge in [-0.3, -0.25) is 28.6 Å². The van der Waals surface area contributed by atoms with Crippen molar-refractivity contribution in [3.8, 4) is 11.6 Å². The Hall–Kier alpha value is -5.59. The van der Waals surface area contributed by atoms with Gasteiger partial charge in [-0.2, -0.15) is 5.10 Å². The first kappa shape index (κ1) is 42.1. The van der Waals surface area contributed by atoms with Crippen molar-refractivity contribution in [1.29, 1.82) is 0 Å². The van der Waals surface area contributed by atoms with Crippen LogP contribution < -0.4 is 19.5 Å². The molecule has 1 saturated heterocycles. The number of amides is 3. The number of aryl methyl sites for hydroxylation is 1. The minimum atomic E-state index is -4.99. The largest absolute Gasteiger partial charge is 0.573 e. The molecule has 324 valence electrons. The zero-order valence-corrected chi connectivity index (χ0v) is 34.2. The monoisotopic (exact) mass is 868 g/mol. The van der Waals surface area contributed by atoms with Crippen LogP contribution in [0.2, 0.25) is 0 Å². The number of Topliss-reactive ketones (excluding diaryl/α,β-unsaturated/α-hetero) is 1. The van der Waals surface area contributed by atoms with Gasteiger partial charge in [-0.05, 0) is 87.1 Å². The molecule has 8 rings (SSSR count). The van der Waals surface area contributed by atoms with Crippen LogP contribution in [0, 0.1) is 17.2 Å². The van der Waals surface area contributed by atoms with Gasteiger partial charge in [0.1, 0.15) is 29.4 Å². The first-order chi connectivity index (χ1) is 28.8. The van der Waals surface area contributed by atoms with E-state index in [1.165, 1.54) is 33.8 Å². The molecule has 4 aliphatic rings. The number of carbonyl (C=O) groups is 4. The number of fused-ring (bicyclic) bond motifs is 5. The molecule has 5 atom stereocenters. The van der Waals surface area contributed by atoms with Crippen LogP contribution >= 0.6 is 0 Å². The fourth-order valence-corrected chi connectivity index (χ4v) is 9.76. The van der Waals surface area contributed by atoms with Crippen molar-refractivity contribution in [3.05, 3.63) is 72.3 Å². The number of hydrogen-bond acceptors (Lipinski definition) is 10. The summed E-state index contributed by atoms with van der Waals surface area (Å²) in [6, 6.07) is 6.46. The Morgan fingerprint density at radius 2 is 1.77 bits per heavy atom. The van der Waals surface area contributed by atoms with Crippen molar-refractivity contribution in [2.75, 3.05) is 6.54 Å². The summed E-state index contributed by atoms with van der Waals surface area (Å²) >= 11 is 0. The van der Waals surface area contributed by atoms with Crippen LogP contribution in [0.5, 0.6) is 11.6 Å². The molecule has 0 bridgehead atoms. The Bertz CT molecular complexity index is 2580. The third-order valence-corrected chi connectivity index (χ3v) is 14.5. The molecule has 3 amide bonds. The number of benzene rings is 2. The number of halogens is 4. The molecule has 0 spiro atoms. The van der Waals surface area contributed by atoms with Crippen molar-refractivity contribution in [2.45, 2.75) is 100 Å². The number of allylic oxidation sites excluding steroid dienone is 2. The number of aromatic nitrogens is 3. The molecule has 3 fully saturated rings. The van der Waals surface area contributed by atoms with Gasteiger partial charge in [0, 0.05) is 42.9 Å². The molecule has 19 heteroatoms. The molecule has 0 unspecified atom stereocenters. The Kier molecular flexibility index (Phi) is 10.8. The van der Waals surface area contributed by atoms with E-state index in [-0.39, 0.29) is 48.3 Å². The van der Waals surface area contributed by atoms with Crippen molar-refractivity contribution < 1.29 is 54.6 Å². The van der Waals surface area contributed by atoms with Gasteiger partial charge in [-0.25, -0.2) is 17.8 Å². The second kappa shape index (κ2) is 15.7. The highest BCUT2D eigenvalue weighted by molar-refractivity contribution is 7.91. The zero-order valence-electron chi connectivity index (χ0n) is 33.3. The van der Waals surface area contributed by atoms with Crippen LogP contribution in [0.25, 0.3) is 21.7 Å². The van der Waals surface area contributed by atoms with Gasteiger partial charge >= 0.3 is 6.36 Å². The summed E-state index contributed by atoms with van der Waals surface area (Å²) in [5.41, 5.74) is -1.31. The first-order valence-electron chi connectivity index (χ1n) is 20.2. The number of pyridine rings is 1. The smallest absolute Gasteiger partial charge is 0.472 e. The second-order valence-corrected chi connectivity index (χ2v) is 19.0. The highest BCUT2D eigenvalue weighted by atomic mass is 32.2. The van der Waals surface area contributed by atoms with E-state index < -0.39 is 92.1 Å². The van der Waals surface area contributed by atoms with Crippen LogP contribution in [0.3, 0.4) is 0 Å². The van der Waals surface area contributed by atoms with Crippen molar-refractivity contribution in [1.82, 2.24) is 29.7 Å². The number of nitrogens with one attached hydrogen (secondary N) is 2. The quantitative estimate of drug-likeness (QED) is 0.125. The van der Waals surface area contributed by atoms with Crippen LogP contribution in [0.15, 0.2) is 60.8 Å². The summed E-state index contributed by atoms with van der Waals surface area (Å²) in [4.78, 5) is 62.5. The van der Waals surface area contributed by atoms with Crippen LogP contribution in [-0.4, -0.2) is 87.4 Å². The van der Waals surface area contributed by atoms with Crippen LogP contribution in [-0.2, 0) is 31.5 Å². The normalized spacial score (nSPS) is 26.1. The van der Waals surface area contributed by atoms with E-state index in [1.54, 1.807) is 20.2 Å². The molecule has 2 saturated carbocycles. The van der Waals surface area contributed by atoms with Gasteiger partial charge in [-0.15, -0.1) is 13.2 Å². The van der Waals surface area contributed by atoms with Crippen molar-refractivity contribution in [2.24, 2.45) is 18.4 Å². The fourth-order valence-electron chi connectivity index (χ4n) is 8.43. The summed E-state index contributed by atoms with van der Waals surface area (Å²) < 4.78 is 93.8. The third-order valence-electron chi connectivity index (χ3n) is 12.3. The summed E-state index contributed by atoms with van der Waals surface area (Å²) in [7, 11) is -2.42. The third kappa shape index (κ3) is 8.65. The molecule has 2 aromatic heterocycles. The van der Waals surface area contributed by atoms with Crippen molar-refractivity contribution in [3.63, 3.8) is 0 Å². The maximum absolute atomic E-state index is 14.8. The summed E-state index contributed by atoms with van der Waals surface area (Å²) in [6.45, 7) is 1.32. The Labute approximate surface area is 348 Å². The summed E-state index contributed by atoms with van der Waals surface area (Å²) in [6.07, 6.45) is 2.58. The van der Waals surface area contributed by atoms with Crippen molar-refractivity contribution >= 4 is 55.2 Å². The lowest BCUT2D eigenvalue weighted by molar-refractivity contribution is -0.274. The Balaban J connectivity index is 1.14. The molecule has 4 heterocycles. The Morgan fingerprint density at radius 3 is 2.49 bits per heavy atom. The minimum absolute atomic E-state index is 0.0314. The lowest BCUT2D eigenvalue weighted by atomic mass is 9.91. The molecule has 4 aromatic rings. The average molecular weight is 869 g/mol. The Morgan fingerprint density at radius 1 is 1.00 bits per heavy atom. The lowest BCUT2D eigenvalue weighted by Crippen LogP contribution is -2.52. The summed E-state index contributed by atoms with van der Waals surface area (Å²) in [5, 5.41) is 7.89. The second-order valence-electron chi connectivity index (χ2n) is 16.8. The number of alkyl halides is 3. The number of ketones is 1. The molecule has 2 aromatic carbocycles. The molecule has 61 heavy (non-hydrogen) atoms. The fraction of sp³-hybridized carbons (Fsp3) is 0.476. The number of carbonyl (C=O) groups excluding carboxylic acids is 4. The molecule has 2 aliphatic carbocycles. The van der Waals surface area contributed by atoms with Gasteiger partial charge in [0.25, 0.3) is 5.91 Å². The first-order valence-corrected chi connectivity index (χ1v) is 21.7. The summed E-state index contributed by atoms with van der Waals surface area (Å²) in [5.74, 6) is -4.37. The molecule has 14 nitrogen and oxygen atoms in total. The van der Waals surface area contributed by atoms with Gasteiger partial charge in [0.05, 0.1) is 28.3 Å². The van der Waals surface area contributed by atoms with Crippen LogP contribution in [0.4, 0.5) is 17.6 Å². The number of nitrogens with zero attached hydrogens (tertiary/aromatic N) is 4. The van der Waals surface area contributed by atoms with E-state index in [1.807, 2.05) is 12.2 Å². The maximum atomic E-state index is 14.8. The number of hydrogen-bond donors (Lipinski definition) is 2. The zero-order chi connectivity index (χ0) is 43.5. The standard InChI is InChI=1S/C42H44F4N6O8S/c1-40(15-16-40)61(57,58)50-39(56)41-21-24(41)8-6-4-3-5-7-9-32(47-36(54)31-14-17-51(2)49-31)38(55)52-23-27(20-34(52)35(53)22-41)59-37-30-18-25(43)10-12-28(30)29-13-11-26(19-33(29)48-37)60-42(44,45)46/h6,8,10-14,17-19,24,27,32,34H,3-5,7,9,15-16,20-23H2,1-2H3,(H,47,54)(H,50,56)/b8-6-/t24-,27-,32+,34+,41-/m1/s1. The maximum Gasteiger partial charge on any atom is 0.573 e. The SMILES string of the molecule is Cn1ccc(C(=O)N[C@H]2CCCCC/C=C\[C@@H]3C[C@@]3(C(=O)NS(=O)(=O)C3(C)CC3)CC(=O)[C@@H]3C[C@@H](Oc4nc5cc(OC(F)(F)F)ccc5c5ccc(F)cc45)CN3C2=O)n1. The van der Waals surface area contributed by atoms with Crippen LogP contribution in [0.1, 0.15) is 81.6 Å². The molecular weight excluding hydrogens is 825 g/mol. The van der Waals surface area contributed by atoms with E-state index in [2.05, 4.69) is 24.9 Å². The van der Waals surface area contributed by atoms with E-state index in [9.17, 15) is 45.2 Å². The number of rotatable bonds is 8. The highest BCUT2D eigenvalue weighted by Gasteiger charge is 2.62. The van der Waals surface area contributed by atoms with Gasteiger partial charge in [0.15, 0.2) is 5.78 Å². The molecule has 0 radical (unpaired) electrons. The van der Waals surface area contributed by atoms with E-state index in [4.69, 9.17) is 4.74 Å². The van der Waals surface area contributed by atoms with Gasteiger partial charge in [-0.1, -0.05) is 31.1 Å². The van der Waals surface area contributed by atoms with E-state index in [0.717, 1.165) is 24.6 Å². The molecule has 2 N–H and O–H groups in total. The molecular formula is C42H44F4N6O8S. The number of ether oxygens (including phenoxy) is 2. The number of sulfonamides is 1. The lowest BCUT2D eigenvalue weighted by Gasteiger charge is -2.29. The minimum Gasteiger partial charge on any atom is -0.472 e. The molecule has 2 aliphatic heterocycles. The predicted molar refractivity (Wildman–Crippen MR) is 212 cm³/mol. The van der Waals surface area contributed by atoms with E-state index >= 15 is 0 Å².